The van der Waals surface area contributed by atoms with E-state index in [2.05, 4.69) is 28.3 Å². The number of ether oxygens (including phenoxy) is 1. The van der Waals surface area contributed by atoms with E-state index in [0.29, 0.717) is 18.4 Å². The molecule has 2 rings (SSSR count). The predicted molar refractivity (Wildman–Crippen MR) is 74.2 cm³/mol. The van der Waals surface area contributed by atoms with Crippen LogP contribution in [0.25, 0.3) is 0 Å². The highest BCUT2D eigenvalue weighted by Gasteiger charge is 2.05. The molecular weight excluding hydrogens is 246 g/mol. The smallest absolute Gasteiger partial charge is 0.225 e. The first-order valence-corrected chi connectivity index (χ1v) is 6.90. The molecule has 0 aliphatic rings. The third-order valence-electron chi connectivity index (χ3n) is 2.39. The van der Waals surface area contributed by atoms with Gasteiger partial charge in [0.05, 0.1) is 0 Å². The van der Waals surface area contributed by atoms with Crippen molar-refractivity contribution in [3.63, 3.8) is 0 Å². The summed E-state index contributed by atoms with van der Waals surface area (Å²) in [7, 11) is 0. The van der Waals surface area contributed by atoms with E-state index < -0.39 is 0 Å². The Morgan fingerprint density at radius 2 is 2.33 bits per heavy atom. The van der Waals surface area contributed by atoms with E-state index in [1.165, 1.54) is 4.88 Å². The van der Waals surface area contributed by atoms with Gasteiger partial charge in [0.25, 0.3) is 0 Å². The van der Waals surface area contributed by atoms with Crippen molar-refractivity contribution in [3.8, 4) is 5.88 Å². The molecule has 4 nitrogen and oxygen atoms in total. The van der Waals surface area contributed by atoms with Gasteiger partial charge in [0.15, 0.2) is 0 Å². The van der Waals surface area contributed by atoms with E-state index in [4.69, 9.17) is 4.74 Å². The fraction of sp³-hybridized carbons (Fsp3) is 0.385. The maximum Gasteiger partial charge on any atom is 0.225 e. The third-order valence-corrected chi connectivity index (χ3v) is 3.24. The normalized spacial score (nSPS) is 10.3. The fourth-order valence-corrected chi connectivity index (χ4v) is 2.04. The molecule has 2 aromatic rings. The lowest BCUT2D eigenvalue weighted by molar-refractivity contribution is 0.295. The summed E-state index contributed by atoms with van der Waals surface area (Å²) in [4.78, 5) is 9.78. The van der Waals surface area contributed by atoms with Crippen LogP contribution >= 0.6 is 11.3 Å². The SMILES string of the molecule is CCCNc1ncc(C)c(OCc2cccs2)n1. The summed E-state index contributed by atoms with van der Waals surface area (Å²) in [5.74, 6) is 1.28. The largest absolute Gasteiger partial charge is 0.472 e. The minimum atomic E-state index is 0.558. The maximum atomic E-state index is 5.72. The standard InChI is InChI=1S/C13H17N3OS/c1-3-6-14-13-15-8-10(2)12(16-13)17-9-11-5-4-7-18-11/h4-5,7-8H,3,6,9H2,1-2H3,(H,14,15,16). The number of thiophene rings is 1. The average molecular weight is 263 g/mol. The van der Waals surface area contributed by atoms with Gasteiger partial charge in [-0.1, -0.05) is 13.0 Å². The summed E-state index contributed by atoms with van der Waals surface area (Å²) in [5.41, 5.74) is 0.952. The second-order valence-corrected chi connectivity index (χ2v) is 5.01. The van der Waals surface area contributed by atoms with Crippen LogP contribution < -0.4 is 10.1 Å². The molecule has 0 saturated heterocycles. The zero-order valence-corrected chi connectivity index (χ0v) is 11.5. The molecule has 0 amide bonds. The highest BCUT2D eigenvalue weighted by molar-refractivity contribution is 7.09. The molecule has 0 bridgehead atoms. The summed E-state index contributed by atoms with van der Waals surface area (Å²) >= 11 is 1.68. The van der Waals surface area contributed by atoms with Crippen LogP contribution in [0.2, 0.25) is 0 Å². The highest BCUT2D eigenvalue weighted by Crippen LogP contribution is 2.18. The molecule has 0 atom stereocenters. The molecule has 18 heavy (non-hydrogen) atoms. The molecule has 0 fully saturated rings. The molecule has 0 aliphatic carbocycles. The van der Waals surface area contributed by atoms with Gasteiger partial charge in [-0.2, -0.15) is 4.98 Å². The summed E-state index contributed by atoms with van der Waals surface area (Å²) in [6.45, 7) is 5.49. The molecule has 0 radical (unpaired) electrons. The molecule has 2 heterocycles. The van der Waals surface area contributed by atoms with E-state index in [-0.39, 0.29) is 0 Å². The topological polar surface area (TPSA) is 47.0 Å². The number of anilines is 1. The lowest BCUT2D eigenvalue weighted by Crippen LogP contribution is -2.06. The number of aryl methyl sites for hydroxylation is 1. The van der Waals surface area contributed by atoms with Crippen LogP contribution in [0.5, 0.6) is 5.88 Å². The molecular formula is C13H17N3OS. The molecule has 0 spiro atoms. The third kappa shape index (κ3) is 3.43. The van der Waals surface area contributed by atoms with Crippen LogP contribution in [-0.2, 0) is 6.61 Å². The van der Waals surface area contributed by atoms with Gasteiger partial charge in [-0.15, -0.1) is 11.3 Å². The van der Waals surface area contributed by atoms with Crippen LogP contribution in [0.15, 0.2) is 23.7 Å². The van der Waals surface area contributed by atoms with Crippen LogP contribution in [0.4, 0.5) is 5.95 Å². The molecule has 0 aromatic carbocycles. The quantitative estimate of drug-likeness (QED) is 0.869. The number of hydrogen-bond acceptors (Lipinski definition) is 5. The number of hydrogen-bond donors (Lipinski definition) is 1. The Balaban J connectivity index is 2.01. The first kappa shape index (κ1) is 12.8. The van der Waals surface area contributed by atoms with Gasteiger partial charge in [-0.25, -0.2) is 4.98 Å². The van der Waals surface area contributed by atoms with E-state index in [1.54, 1.807) is 17.5 Å². The highest BCUT2D eigenvalue weighted by atomic mass is 32.1. The predicted octanol–water partition coefficient (Wildman–Crippen LogP) is 3.25. The number of nitrogens with one attached hydrogen (secondary N) is 1. The van der Waals surface area contributed by atoms with Crippen LogP contribution in [-0.4, -0.2) is 16.5 Å². The first-order chi connectivity index (χ1) is 8.79. The zero-order valence-electron chi connectivity index (χ0n) is 10.6. The lowest BCUT2D eigenvalue weighted by atomic mass is 10.4. The Kier molecular flexibility index (Phi) is 4.52. The van der Waals surface area contributed by atoms with Gasteiger partial charge in [0.2, 0.25) is 11.8 Å². The Bertz CT molecular complexity index is 485. The molecule has 2 aromatic heterocycles. The van der Waals surface area contributed by atoms with E-state index in [0.717, 1.165) is 18.5 Å². The van der Waals surface area contributed by atoms with E-state index in [9.17, 15) is 0 Å². The molecule has 1 N–H and O–H groups in total. The second kappa shape index (κ2) is 6.35. The van der Waals surface area contributed by atoms with E-state index >= 15 is 0 Å². The van der Waals surface area contributed by atoms with Crippen molar-refractivity contribution < 1.29 is 4.74 Å². The van der Waals surface area contributed by atoms with Gasteiger partial charge >= 0.3 is 0 Å². The monoisotopic (exact) mass is 263 g/mol. The number of rotatable bonds is 6. The Morgan fingerprint density at radius 1 is 1.44 bits per heavy atom. The lowest BCUT2D eigenvalue weighted by Gasteiger charge is -2.09. The van der Waals surface area contributed by atoms with Crippen molar-refractivity contribution in [1.82, 2.24) is 9.97 Å². The second-order valence-electron chi connectivity index (χ2n) is 3.98. The maximum absolute atomic E-state index is 5.72. The van der Waals surface area contributed by atoms with Crippen LogP contribution in [0.3, 0.4) is 0 Å². The Morgan fingerprint density at radius 3 is 3.06 bits per heavy atom. The Hall–Kier alpha value is -1.62. The van der Waals surface area contributed by atoms with Crippen molar-refractivity contribution >= 4 is 17.3 Å². The van der Waals surface area contributed by atoms with Crippen LogP contribution in [0.1, 0.15) is 23.8 Å². The van der Waals surface area contributed by atoms with Crippen molar-refractivity contribution in [2.24, 2.45) is 0 Å². The van der Waals surface area contributed by atoms with Crippen LogP contribution in [0, 0.1) is 6.92 Å². The van der Waals surface area contributed by atoms with Crippen molar-refractivity contribution in [3.05, 3.63) is 34.2 Å². The molecule has 0 aliphatic heterocycles. The summed E-state index contributed by atoms with van der Waals surface area (Å²) in [6, 6.07) is 4.07. The van der Waals surface area contributed by atoms with Crippen molar-refractivity contribution in [1.29, 1.82) is 0 Å². The van der Waals surface area contributed by atoms with Gasteiger partial charge in [-0.3, -0.25) is 0 Å². The number of aromatic nitrogens is 2. The minimum absolute atomic E-state index is 0.558. The minimum Gasteiger partial charge on any atom is -0.472 e. The molecule has 5 heteroatoms. The molecule has 0 saturated carbocycles. The summed E-state index contributed by atoms with van der Waals surface area (Å²) in [6.07, 6.45) is 2.83. The van der Waals surface area contributed by atoms with Gasteiger partial charge in [0, 0.05) is 23.2 Å². The zero-order chi connectivity index (χ0) is 12.8. The van der Waals surface area contributed by atoms with Gasteiger partial charge in [-0.05, 0) is 24.8 Å². The Labute approximate surface area is 111 Å². The average Bonchev–Trinajstić information content (AvgIpc) is 2.89. The fourth-order valence-electron chi connectivity index (χ4n) is 1.43. The summed E-state index contributed by atoms with van der Waals surface area (Å²) < 4.78 is 5.72. The molecule has 96 valence electrons. The van der Waals surface area contributed by atoms with Gasteiger partial charge in [0.1, 0.15) is 6.61 Å². The van der Waals surface area contributed by atoms with Crippen molar-refractivity contribution in [2.45, 2.75) is 26.9 Å². The van der Waals surface area contributed by atoms with Crippen molar-refractivity contribution in [2.75, 3.05) is 11.9 Å². The van der Waals surface area contributed by atoms with Gasteiger partial charge < -0.3 is 10.1 Å². The first-order valence-electron chi connectivity index (χ1n) is 6.02. The van der Waals surface area contributed by atoms with E-state index in [1.807, 2.05) is 18.4 Å². The summed E-state index contributed by atoms with van der Waals surface area (Å²) in [5, 5.41) is 5.20. The molecule has 0 unspecified atom stereocenters. The number of nitrogens with zero attached hydrogens (tertiary/aromatic N) is 2.